The minimum Gasteiger partial charge on any atom is -0.364 e. The third-order valence-electron chi connectivity index (χ3n) is 4.49. The summed E-state index contributed by atoms with van der Waals surface area (Å²) in [5.41, 5.74) is 1.63. The number of rotatable bonds is 6. The summed E-state index contributed by atoms with van der Waals surface area (Å²) < 4.78 is 4.89. The Labute approximate surface area is 159 Å². The highest BCUT2D eigenvalue weighted by molar-refractivity contribution is 5.94. The van der Waals surface area contributed by atoms with E-state index >= 15 is 0 Å². The van der Waals surface area contributed by atoms with Crippen LogP contribution in [0.2, 0.25) is 0 Å². The monoisotopic (exact) mass is 370 g/mol. The van der Waals surface area contributed by atoms with Crippen molar-refractivity contribution in [3.05, 3.63) is 53.9 Å². The lowest BCUT2D eigenvalue weighted by Gasteiger charge is -2.36. The molecule has 1 fully saturated rings. The number of hydrogen-bond donors (Lipinski definition) is 2. The molecule has 2 aromatic rings. The van der Waals surface area contributed by atoms with Gasteiger partial charge in [-0.2, -0.15) is 0 Å². The van der Waals surface area contributed by atoms with E-state index in [9.17, 15) is 4.79 Å². The number of nitrogens with zero attached hydrogens (tertiary/aromatic N) is 4. The van der Waals surface area contributed by atoms with Crippen molar-refractivity contribution in [1.29, 1.82) is 0 Å². The first-order chi connectivity index (χ1) is 13.3. The second-order valence-corrected chi connectivity index (χ2v) is 6.35. The molecule has 1 aromatic carbocycles. The van der Waals surface area contributed by atoms with Crippen molar-refractivity contribution in [2.24, 2.45) is 4.99 Å². The van der Waals surface area contributed by atoms with Crippen molar-refractivity contribution in [3.8, 4) is 0 Å². The lowest BCUT2D eigenvalue weighted by molar-refractivity contribution is 0.0954. The molecule has 0 bridgehead atoms. The Hall–Kier alpha value is -2.87. The summed E-state index contributed by atoms with van der Waals surface area (Å²) in [7, 11) is 1.78. The summed E-state index contributed by atoms with van der Waals surface area (Å²) in [5.74, 6) is 0.805. The van der Waals surface area contributed by atoms with Crippen molar-refractivity contribution in [3.63, 3.8) is 0 Å². The van der Waals surface area contributed by atoms with Crippen LogP contribution in [-0.4, -0.2) is 73.1 Å². The molecule has 1 amide bonds. The molecule has 0 saturated carbocycles. The predicted octanol–water partition coefficient (Wildman–Crippen LogP) is 0.798. The van der Waals surface area contributed by atoms with E-state index in [2.05, 4.69) is 30.6 Å². The molecule has 8 nitrogen and oxygen atoms in total. The summed E-state index contributed by atoms with van der Waals surface area (Å²) in [6, 6.07) is 11.1. The summed E-state index contributed by atoms with van der Waals surface area (Å²) in [6.45, 7) is 5.66. The average molecular weight is 370 g/mol. The Bertz CT molecular complexity index is 724. The molecule has 0 aliphatic carbocycles. The molecule has 27 heavy (non-hydrogen) atoms. The molecule has 0 radical (unpaired) electrons. The van der Waals surface area contributed by atoms with Gasteiger partial charge in [0.05, 0.1) is 5.69 Å². The summed E-state index contributed by atoms with van der Waals surface area (Å²) in [5, 5.41) is 10.2. The van der Waals surface area contributed by atoms with E-state index < -0.39 is 0 Å². The molecule has 0 spiro atoms. The van der Waals surface area contributed by atoms with Crippen LogP contribution in [0.4, 0.5) is 0 Å². The quantitative estimate of drug-likeness (QED) is 0.444. The van der Waals surface area contributed by atoms with Gasteiger partial charge in [-0.05, 0) is 12.1 Å². The van der Waals surface area contributed by atoms with Gasteiger partial charge in [0.1, 0.15) is 6.26 Å². The molecule has 1 saturated heterocycles. The lowest BCUT2D eigenvalue weighted by Crippen LogP contribution is -2.53. The van der Waals surface area contributed by atoms with Crippen molar-refractivity contribution in [2.75, 3.05) is 46.3 Å². The molecule has 2 heterocycles. The molecular formula is C19H26N6O2. The zero-order valence-electron chi connectivity index (χ0n) is 15.6. The Kier molecular flexibility index (Phi) is 6.81. The number of hydrogen-bond acceptors (Lipinski definition) is 5. The Morgan fingerprint density at radius 1 is 1.11 bits per heavy atom. The third kappa shape index (κ3) is 5.55. The van der Waals surface area contributed by atoms with E-state index in [-0.39, 0.29) is 5.91 Å². The maximum absolute atomic E-state index is 12.0. The molecule has 1 aliphatic rings. The van der Waals surface area contributed by atoms with Gasteiger partial charge in [0.25, 0.3) is 5.91 Å². The van der Waals surface area contributed by atoms with E-state index in [0.717, 1.165) is 44.4 Å². The largest absolute Gasteiger partial charge is 0.364 e. The highest BCUT2D eigenvalue weighted by atomic mass is 16.5. The Morgan fingerprint density at radius 2 is 1.85 bits per heavy atom. The number of aromatic nitrogens is 1. The molecule has 0 unspecified atom stereocenters. The molecule has 3 rings (SSSR count). The van der Waals surface area contributed by atoms with Gasteiger partial charge in [-0.1, -0.05) is 23.4 Å². The fourth-order valence-corrected chi connectivity index (χ4v) is 3.04. The first-order valence-electron chi connectivity index (χ1n) is 9.16. The van der Waals surface area contributed by atoms with Crippen LogP contribution in [0, 0.1) is 0 Å². The lowest BCUT2D eigenvalue weighted by atomic mass is 10.2. The number of guanidine groups is 1. The van der Waals surface area contributed by atoms with Gasteiger partial charge in [-0.3, -0.25) is 14.7 Å². The van der Waals surface area contributed by atoms with Crippen LogP contribution >= 0.6 is 0 Å². The summed E-state index contributed by atoms with van der Waals surface area (Å²) >= 11 is 0. The number of benzene rings is 1. The van der Waals surface area contributed by atoms with Crippen LogP contribution in [0.3, 0.4) is 0 Å². The van der Waals surface area contributed by atoms with Crippen molar-refractivity contribution in [2.45, 2.75) is 6.54 Å². The number of piperazine rings is 1. The number of carbonyl (C=O) groups is 1. The van der Waals surface area contributed by atoms with Gasteiger partial charge < -0.3 is 20.1 Å². The first-order valence-corrected chi connectivity index (χ1v) is 9.16. The van der Waals surface area contributed by atoms with E-state index in [4.69, 9.17) is 4.52 Å². The zero-order chi connectivity index (χ0) is 18.9. The van der Waals surface area contributed by atoms with E-state index in [1.807, 2.05) is 24.3 Å². The topological polar surface area (TPSA) is 86.0 Å². The van der Waals surface area contributed by atoms with Gasteiger partial charge in [-0.15, -0.1) is 0 Å². The first kappa shape index (κ1) is 18.9. The van der Waals surface area contributed by atoms with E-state index in [1.165, 1.54) is 0 Å². The normalized spacial score (nSPS) is 15.6. The molecule has 0 atom stereocenters. The van der Waals surface area contributed by atoms with Crippen molar-refractivity contribution >= 4 is 11.9 Å². The van der Waals surface area contributed by atoms with Gasteiger partial charge in [-0.25, -0.2) is 0 Å². The number of aliphatic imine (C=N–C) groups is 1. The molecule has 2 N–H and O–H groups in total. The SMILES string of the molecule is CN=C(NCCNC(=O)c1ccccc1)N1CCN(Cc2ccon2)CC1. The van der Waals surface area contributed by atoms with Crippen molar-refractivity contribution < 1.29 is 9.32 Å². The number of amides is 1. The Balaban J connectivity index is 1.36. The number of nitrogens with one attached hydrogen (secondary N) is 2. The highest BCUT2D eigenvalue weighted by Gasteiger charge is 2.20. The minimum atomic E-state index is -0.0612. The predicted molar refractivity (Wildman–Crippen MR) is 103 cm³/mol. The van der Waals surface area contributed by atoms with E-state index in [0.29, 0.717) is 18.7 Å². The van der Waals surface area contributed by atoms with E-state index in [1.54, 1.807) is 25.4 Å². The standard InChI is InChI=1S/C19H26N6O2/c1-20-19(22-9-8-21-18(26)16-5-3-2-4-6-16)25-12-10-24(11-13-25)15-17-7-14-27-23-17/h2-7,14H,8-13,15H2,1H3,(H,20,22)(H,21,26). The number of carbonyl (C=O) groups excluding carboxylic acids is 1. The van der Waals surface area contributed by atoms with Gasteiger partial charge in [0.15, 0.2) is 5.96 Å². The summed E-state index contributed by atoms with van der Waals surface area (Å²) in [4.78, 5) is 21.0. The van der Waals surface area contributed by atoms with Gasteiger partial charge in [0.2, 0.25) is 0 Å². The third-order valence-corrected chi connectivity index (χ3v) is 4.49. The van der Waals surface area contributed by atoms with Crippen LogP contribution in [0.1, 0.15) is 16.1 Å². The fraction of sp³-hybridized carbons (Fsp3) is 0.421. The molecule has 1 aromatic heterocycles. The average Bonchev–Trinajstić information content (AvgIpc) is 3.22. The molecule has 8 heteroatoms. The second kappa shape index (κ2) is 9.72. The summed E-state index contributed by atoms with van der Waals surface area (Å²) in [6.07, 6.45) is 1.61. The fourth-order valence-electron chi connectivity index (χ4n) is 3.04. The Morgan fingerprint density at radius 3 is 2.52 bits per heavy atom. The molecular weight excluding hydrogens is 344 g/mol. The highest BCUT2D eigenvalue weighted by Crippen LogP contribution is 2.07. The molecule has 1 aliphatic heterocycles. The van der Waals surface area contributed by atoms with Gasteiger partial charge in [0, 0.05) is 64.5 Å². The van der Waals surface area contributed by atoms with Crippen LogP contribution in [0.25, 0.3) is 0 Å². The second-order valence-electron chi connectivity index (χ2n) is 6.35. The molecule has 144 valence electrons. The van der Waals surface area contributed by atoms with Crippen LogP contribution < -0.4 is 10.6 Å². The van der Waals surface area contributed by atoms with Crippen LogP contribution in [0.5, 0.6) is 0 Å². The van der Waals surface area contributed by atoms with Crippen molar-refractivity contribution in [1.82, 2.24) is 25.6 Å². The maximum Gasteiger partial charge on any atom is 0.251 e. The smallest absolute Gasteiger partial charge is 0.251 e. The minimum absolute atomic E-state index is 0.0612. The maximum atomic E-state index is 12.0. The van der Waals surface area contributed by atoms with Gasteiger partial charge >= 0.3 is 0 Å². The zero-order valence-corrected chi connectivity index (χ0v) is 15.6. The van der Waals surface area contributed by atoms with Crippen LogP contribution in [-0.2, 0) is 6.54 Å². The van der Waals surface area contributed by atoms with Crippen LogP contribution in [0.15, 0.2) is 52.2 Å².